The number of nitrogens with two attached hydrogens (primary N) is 1. The van der Waals surface area contributed by atoms with Crippen molar-refractivity contribution < 1.29 is 17.6 Å². The predicted molar refractivity (Wildman–Crippen MR) is 115 cm³/mol. The number of nitrogen functional groups attached to an aromatic ring is 1. The zero-order valence-electron chi connectivity index (χ0n) is 17.6. The molecule has 0 spiro atoms. The first-order valence-corrected chi connectivity index (χ1v) is 9.98. The summed E-state index contributed by atoms with van der Waals surface area (Å²) in [5.74, 6) is -1.74. The first-order chi connectivity index (χ1) is 16.8. The monoisotopic (exact) mass is 479 g/mol. The maximum atomic E-state index is 14.2. The third kappa shape index (κ3) is 3.80. The number of nitrogens with zero attached hydrogens (tertiary/aromatic N) is 8. The lowest BCUT2D eigenvalue weighted by atomic mass is 10.1. The Hall–Kier alpha value is -4.86. The molecule has 4 heterocycles. The molecule has 0 amide bonds. The molecule has 0 aliphatic rings. The van der Waals surface area contributed by atoms with Crippen molar-refractivity contribution in [3.8, 4) is 22.9 Å². The predicted octanol–water partition coefficient (Wildman–Crippen LogP) is 3.73. The number of alkyl halides is 3. The van der Waals surface area contributed by atoms with E-state index in [1.165, 1.54) is 27.8 Å². The van der Waals surface area contributed by atoms with Gasteiger partial charge in [0.1, 0.15) is 41.1 Å². The molecule has 0 saturated carbocycles. The molecule has 13 heteroatoms. The molecule has 0 bridgehead atoms. The molecular weight excluding hydrogens is 466 g/mol. The number of para-hydroxylation sites is 1. The van der Waals surface area contributed by atoms with Gasteiger partial charge < -0.3 is 10.3 Å². The zero-order valence-corrected chi connectivity index (χ0v) is 17.6. The van der Waals surface area contributed by atoms with E-state index < -0.39 is 17.8 Å². The van der Waals surface area contributed by atoms with Crippen LogP contribution in [0.25, 0.3) is 27.8 Å². The third-order valence-electron chi connectivity index (χ3n) is 5.24. The summed E-state index contributed by atoms with van der Waals surface area (Å²) < 4.78 is 55.8. The van der Waals surface area contributed by atoms with Crippen molar-refractivity contribution in [2.45, 2.75) is 12.7 Å². The van der Waals surface area contributed by atoms with Gasteiger partial charge in [-0.3, -0.25) is 0 Å². The van der Waals surface area contributed by atoms with Gasteiger partial charge in [-0.1, -0.05) is 12.1 Å². The minimum Gasteiger partial charge on any atom is -0.383 e. The summed E-state index contributed by atoms with van der Waals surface area (Å²) in [6, 6.07) is 8.17. The minimum absolute atomic E-state index is 0.0298. The molecule has 5 aromatic rings. The average molecular weight is 479 g/mol. The number of hydrogen-bond acceptors (Lipinski definition) is 7. The number of nitriles is 1. The maximum Gasteiger partial charge on any atom is 0.451 e. The summed E-state index contributed by atoms with van der Waals surface area (Å²) in [5, 5.41) is 14.4. The molecule has 0 fully saturated rings. The van der Waals surface area contributed by atoms with E-state index in [0.717, 1.165) is 12.4 Å². The fraction of sp³-hybridized carbons (Fsp3) is 0.0909. The lowest BCUT2D eigenvalue weighted by molar-refractivity contribution is -0.144. The Kier molecular flexibility index (Phi) is 5.13. The molecule has 0 radical (unpaired) electrons. The van der Waals surface area contributed by atoms with Crippen LogP contribution in [0.5, 0.6) is 0 Å². The molecule has 0 unspecified atom stereocenters. The van der Waals surface area contributed by atoms with Crippen LogP contribution >= 0.6 is 0 Å². The van der Waals surface area contributed by atoms with E-state index in [9.17, 15) is 22.8 Å². The van der Waals surface area contributed by atoms with Crippen molar-refractivity contribution in [2.24, 2.45) is 0 Å². The van der Waals surface area contributed by atoms with Crippen molar-refractivity contribution >= 4 is 16.9 Å². The van der Waals surface area contributed by atoms with Gasteiger partial charge in [-0.25, -0.2) is 29.0 Å². The van der Waals surface area contributed by atoms with Crippen LogP contribution in [0, 0.1) is 17.1 Å². The van der Waals surface area contributed by atoms with E-state index in [4.69, 9.17) is 5.73 Å². The summed E-state index contributed by atoms with van der Waals surface area (Å²) in [5.41, 5.74) is 7.60. The number of hydrogen-bond donors (Lipinski definition) is 1. The van der Waals surface area contributed by atoms with Gasteiger partial charge in [0.2, 0.25) is 5.82 Å². The van der Waals surface area contributed by atoms with E-state index in [-0.39, 0.29) is 45.9 Å². The van der Waals surface area contributed by atoms with Crippen LogP contribution in [-0.2, 0) is 12.7 Å². The van der Waals surface area contributed by atoms with Gasteiger partial charge in [-0.15, -0.1) is 0 Å². The normalized spacial score (nSPS) is 11.6. The Labute approximate surface area is 194 Å². The maximum absolute atomic E-state index is 14.2. The fourth-order valence-corrected chi connectivity index (χ4v) is 3.74. The molecule has 35 heavy (non-hydrogen) atoms. The van der Waals surface area contributed by atoms with Crippen LogP contribution in [0.2, 0.25) is 0 Å². The van der Waals surface area contributed by atoms with Crippen LogP contribution < -0.4 is 5.73 Å². The minimum atomic E-state index is -4.72. The van der Waals surface area contributed by atoms with Gasteiger partial charge in [-0.05, 0) is 12.1 Å². The van der Waals surface area contributed by atoms with Crippen molar-refractivity contribution in [2.75, 3.05) is 5.73 Å². The lowest BCUT2D eigenvalue weighted by Gasteiger charge is -2.06. The second kappa shape index (κ2) is 8.17. The highest BCUT2D eigenvalue weighted by Crippen LogP contribution is 2.37. The number of benzene rings is 1. The van der Waals surface area contributed by atoms with E-state index >= 15 is 0 Å². The van der Waals surface area contributed by atoms with Crippen LogP contribution in [0.4, 0.5) is 23.4 Å². The van der Waals surface area contributed by atoms with Gasteiger partial charge in [0.05, 0.1) is 18.1 Å². The van der Waals surface area contributed by atoms with E-state index in [1.807, 2.05) is 0 Å². The summed E-state index contributed by atoms with van der Waals surface area (Å²) >= 11 is 0. The van der Waals surface area contributed by atoms with Crippen LogP contribution in [0.15, 0.2) is 55.4 Å². The van der Waals surface area contributed by atoms with Crippen molar-refractivity contribution in [1.82, 2.24) is 34.3 Å². The number of halogens is 4. The molecular formula is C22H13F4N9. The van der Waals surface area contributed by atoms with Gasteiger partial charge >= 0.3 is 6.18 Å². The van der Waals surface area contributed by atoms with Crippen LogP contribution in [0.3, 0.4) is 0 Å². The second-order valence-electron chi connectivity index (χ2n) is 7.42. The van der Waals surface area contributed by atoms with E-state index in [2.05, 4.69) is 31.1 Å². The standard InChI is InChI=1S/C22H13F4N9/c23-14-3-1-2-4-15(14)35-10-12(6-33-35)9-34-16(5-27)17(18-19(28)31-11-32-20(18)34)13-7-29-21(30-8-13)22(24,25)26/h1-4,6-8,10-11H,9H2,(H2,28,31,32). The Morgan fingerprint density at radius 2 is 1.77 bits per heavy atom. The summed E-state index contributed by atoms with van der Waals surface area (Å²) in [7, 11) is 0. The molecule has 4 aromatic heterocycles. The fourth-order valence-electron chi connectivity index (χ4n) is 3.74. The molecule has 2 N–H and O–H groups in total. The molecule has 9 nitrogen and oxygen atoms in total. The van der Waals surface area contributed by atoms with E-state index in [0.29, 0.717) is 5.56 Å². The number of aromatic nitrogens is 7. The largest absolute Gasteiger partial charge is 0.451 e. The molecule has 0 aliphatic carbocycles. The molecule has 0 atom stereocenters. The highest BCUT2D eigenvalue weighted by molar-refractivity contribution is 6.03. The number of rotatable bonds is 4. The number of fused-ring (bicyclic) bond motifs is 1. The second-order valence-corrected chi connectivity index (χ2v) is 7.42. The quantitative estimate of drug-likeness (QED) is 0.390. The van der Waals surface area contributed by atoms with Crippen LogP contribution in [-0.4, -0.2) is 34.3 Å². The zero-order chi connectivity index (χ0) is 24.7. The molecule has 0 saturated heterocycles. The highest BCUT2D eigenvalue weighted by Gasteiger charge is 2.34. The van der Waals surface area contributed by atoms with E-state index in [1.54, 1.807) is 24.4 Å². The van der Waals surface area contributed by atoms with Crippen LogP contribution in [0.1, 0.15) is 17.1 Å². The molecule has 174 valence electrons. The smallest absolute Gasteiger partial charge is 0.383 e. The number of anilines is 1. The summed E-state index contributed by atoms with van der Waals surface area (Å²) in [6.45, 7) is 0.0891. The third-order valence-corrected chi connectivity index (χ3v) is 5.24. The Bertz CT molecular complexity index is 1590. The molecule has 1 aromatic carbocycles. The van der Waals surface area contributed by atoms with Gasteiger partial charge in [0, 0.05) is 35.3 Å². The molecule has 5 rings (SSSR count). The van der Waals surface area contributed by atoms with Gasteiger partial charge in [-0.2, -0.15) is 23.5 Å². The Morgan fingerprint density at radius 3 is 2.46 bits per heavy atom. The van der Waals surface area contributed by atoms with Crippen molar-refractivity contribution in [1.29, 1.82) is 5.26 Å². The average Bonchev–Trinajstić information content (AvgIpc) is 3.42. The first kappa shape index (κ1) is 22.0. The van der Waals surface area contributed by atoms with Gasteiger partial charge in [0.15, 0.2) is 0 Å². The summed E-state index contributed by atoms with van der Waals surface area (Å²) in [6.07, 6.45) is 1.54. The van der Waals surface area contributed by atoms with Crippen molar-refractivity contribution in [3.05, 3.63) is 78.3 Å². The summed E-state index contributed by atoms with van der Waals surface area (Å²) in [4.78, 5) is 15.0. The Morgan fingerprint density at radius 1 is 1.03 bits per heavy atom. The van der Waals surface area contributed by atoms with Crippen molar-refractivity contribution in [3.63, 3.8) is 0 Å². The highest BCUT2D eigenvalue weighted by atomic mass is 19.4. The van der Waals surface area contributed by atoms with Gasteiger partial charge in [0.25, 0.3) is 0 Å². The molecule has 0 aliphatic heterocycles. The lowest BCUT2D eigenvalue weighted by Crippen LogP contribution is -2.10. The topological polar surface area (TPSA) is 124 Å². The Balaban J connectivity index is 1.64. The first-order valence-electron chi connectivity index (χ1n) is 9.98. The SMILES string of the molecule is N#Cc1c(-c2cnc(C(F)(F)F)nc2)c2c(N)ncnc2n1Cc1cnn(-c2ccccc2F)c1.